The number of hydrogen-bond acceptors (Lipinski definition) is 4. The van der Waals surface area contributed by atoms with Gasteiger partial charge in [-0.3, -0.25) is 0 Å². The maximum Gasteiger partial charge on any atom is 0.226 e. The zero-order valence-electron chi connectivity index (χ0n) is 11.9. The molecule has 1 saturated heterocycles. The maximum atomic E-state index is 4.68. The summed E-state index contributed by atoms with van der Waals surface area (Å²) in [4.78, 5) is 11.7. The molecular formula is C14H24N4. The Kier molecular flexibility index (Phi) is 4.17. The van der Waals surface area contributed by atoms with E-state index in [1.54, 1.807) is 0 Å². The van der Waals surface area contributed by atoms with Crippen molar-refractivity contribution in [1.29, 1.82) is 0 Å². The number of nitrogens with zero attached hydrogens (tertiary/aromatic N) is 3. The van der Waals surface area contributed by atoms with Gasteiger partial charge in [0.15, 0.2) is 0 Å². The Morgan fingerprint density at radius 3 is 2.83 bits per heavy atom. The Balaban J connectivity index is 2.25. The molecule has 4 heteroatoms. The fraction of sp³-hybridized carbons (Fsp3) is 0.714. The number of aryl methyl sites for hydroxylation is 1. The lowest BCUT2D eigenvalue weighted by molar-refractivity contribution is 0.385. The van der Waals surface area contributed by atoms with Crippen molar-refractivity contribution in [1.82, 2.24) is 15.3 Å². The van der Waals surface area contributed by atoms with Crippen molar-refractivity contribution >= 4 is 5.95 Å². The summed E-state index contributed by atoms with van der Waals surface area (Å²) in [6.45, 7) is 8.50. The molecule has 0 spiro atoms. The third-order valence-corrected chi connectivity index (χ3v) is 3.63. The molecule has 1 aliphatic heterocycles. The van der Waals surface area contributed by atoms with Gasteiger partial charge in [0, 0.05) is 24.8 Å². The fourth-order valence-electron chi connectivity index (χ4n) is 2.58. The number of rotatable bonds is 3. The Bertz CT molecular complexity index is 405. The summed E-state index contributed by atoms with van der Waals surface area (Å²) < 4.78 is 0. The highest BCUT2D eigenvalue weighted by atomic mass is 15.3. The lowest BCUT2D eigenvalue weighted by Gasteiger charge is -2.37. The van der Waals surface area contributed by atoms with Crippen molar-refractivity contribution in [3.8, 4) is 0 Å². The van der Waals surface area contributed by atoms with Crippen LogP contribution in [-0.2, 0) is 6.54 Å². The van der Waals surface area contributed by atoms with Gasteiger partial charge in [-0.05, 0) is 45.7 Å². The van der Waals surface area contributed by atoms with E-state index in [1.807, 2.05) is 14.0 Å². The average Bonchev–Trinajstić information content (AvgIpc) is 2.32. The SMILES string of the molecule is CNCc1cc(C)nc(N2CC(C)CCC2C)n1. The highest BCUT2D eigenvalue weighted by Crippen LogP contribution is 2.25. The van der Waals surface area contributed by atoms with Gasteiger partial charge in [0.25, 0.3) is 0 Å². The molecule has 100 valence electrons. The van der Waals surface area contributed by atoms with E-state index in [0.717, 1.165) is 36.3 Å². The fourth-order valence-corrected chi connectivity index (χ4v) is 2.58. The summed E-state index contributed by atoms with van der Waals surface area (Å²) in [6.07, 6.45) is 2.55. The summed E-state index contributed by atoms with van der Waals surface area (Å²) in [5, 5.41) is 3.15. The molecule has 0 bridgehead atoms. The molecule has 2 atom stereocenters. The molecule has 2 rings (SSSR count). The van der Waals surface area contributed by atoms with Gasteiger partial charge in [-0.15, -0.1) is 0 Å². The van der Waals surface area contributed by atoms with Gasteiger partial charge in [0.1, 0.15) is 0 Å². The Morgan fingerprint density at radius 2 is 2.11 bits per heavy atom. The monoisotopic (exact) mass is 248 g/mol. The first-order valence-electron chi connectivity index (χ1n) is 6.86. The summed E-state index contributed by atoms with van der Waals surface area (Å²) in [5.74, 6) is 1.64. The second-order valence-corrected chi connectivity index (χ2v) is 5.51. The van der Waals surface area contributed by atoms with Crippen LogP contribution >= 0.6 is 0 Å². The zero-order chi connectivity index (χ0) is 13.1. The van der Waals surface area contributed by atoms with E-state index in [2.05, 4.69) is 40.1 Å². The minimum absolute atomic E-state index is 0.547. The van der Waals surface area contributed by atoms with Crippen molar-refractivity contribution in [2.45, 2.75) is 46.2 Å². The third-order valence-electron chi connectivity index (χ3n) is 3.63. The molecule has 0 aliphatic carbocycles. The van der Waals surface area contributed by atoms with Crippen molar-refractivity contribution in [3.63, 3.8) is 0 Å². The Morgan fingerprint density at radius 1 is 1.33 bits per heavy atom. The van der Waals surface area contributed by atoms with Crippen LogP contribution in [0.5, 0.6) is 0 Å². The van der Waals surface area contributed by atoms with Gasteiger partial charge in [0.2, 0.25) is 5.95 Å². The van der Waals surface area contributed by atoms with Crippen LogP contribution in [0, 0.1) is 12.8 Å². The Hall–Kier alpha value is -1.16. The minimum atomic E-state index is 0.547. The van der Waals surface area contributed by atoms with Crippen molar-refractivity contribution in [2.24, 2.45) is 5.92 Å². The molecule has 18 heavy (non-hydrogen) atoms. The summed E-state index contributed by atoms with van der Waals surface area (Å²) in [5.41, 5.74) is 2.13. The smallest absolute Gasteiger partial charge is 0.226 e. The molecule has 0 aromatic carbocycles. The van der Waals surface area contributed by atoms with Crippen LogP contribution < -0.4 is 10.2 Å². The number of piperidine rings is 1. The van der Waals surface area contributed by atoms with Gasteiger partial charge in [-0.25, -0.2) is 9.97 Å². The maximum absolute atomic E-state index is 4.68. The molecule has 0 amide bonds. The molecule has 0 radical (unpaired) electrons. The molecule has 4 nitrogen and oxygen atoms in total. The van der Waals surface area contributed by atoms with Crippen LogP contribution in [0.25, 0.3) is 0 Å². The van der Waals surface area contributed by atoms with E-state index < -0.39 is 0 Å². The first kappa shape index (κ1) is 13.3. The van der Waals surface area contributed by atoms with E-state index in [-0.39, 0.29) is 0 Å². The number of anilines is 1. The van der Waals surface area contributed by atoms with E-state index in [4.69, 9.17) is 0 Å². The minimum Gasteiger partial charge on any atom is -0.338 e. The highest BCUT2D eigenvalue weighted by Gasteiger charge is 2.25. The first-order chi connectivity index (χ1) is 8.60. The first-order valence-corrected chi connectivity index (χ1v) is 6.86. The van der Waals surface area contributed by atoms with Crippen molar-refractivity contribution < 1.29 is 0 Å². The van der Waals surface area contributed by atoms with Gasteiger partial charge in [-0.2, -0.15) is 0 Å². The van der Waals surface area contributed by atoms with Crippen molar-refractivity contribution in [3.05, 3.63) is 17.5 Å². The second-order valence-electron chi connectivity index (χ2n) is 5.51. The number of hydrogen-bond donors (Lipinski definition) is 1. The van der Waals surface area contributed by atoms with Crippen LogP contribution in [0.2, 0.25) is 0 Å². The predicted molar refractivity (Wildman–Crippen MR) is 74.7 cm³/mol. The average molecular weight is 248 g/mol. The van der Waals surface area contributed by atoms with Gasteiger partial charge >= 0.3 is 0 Å². The van der Waals surface area contributed by atoms with Crippen LogP contribution in [0.15, 0.2) is 6.07 Å². The van der Waals surface area contributed by atoms with E-state index in [1.165, 1.54) is 12.8 Å². The zero-order valence-corrected chi connectivity index (χ0v) is 11.9. The molecule has 2 unspecified atom stereocenters. The molecule has 1 fully saturated rings. The number of aromatic nitrogens is 2. The van der Waals surface area contributed by atoms with Crippen LogP contribution in [-0.4, -0.2) is 29.6 Å². The van der Waals surface area contributed by atoms with Gasteiger partial charge < -0.3 is 10.2 Å². The standard InChI is InChI=1S/C14H24N4/c1-10-5-6-12(3)18(9-10)14-16-11(2)7-13(17-14)8-15-4/h7,10,12,15H,5-6,8-9H2,1-4H3. The van der Waals surface area contributed by atoms with E-state index >= 15 is 0 Å². The summed E-state index contributed by atoms with van der Waals surface area (Å²) in [6, 6.07) is 2.60. The van der Waals surface area contributed by atoms with Crippen LogP contribution in [0.3, 0.4) is 0 Å². The molecule has 1 aromatic rings. The van der Waals surface area contributed by atoms with Gasteiger partial charge in [0.05, 0.1) is 5.69 Å². The van der Waals surface area contributed by atoms with Crippen LogP contribution in [0.1, 0.15) is 38.1 Å². The lowest BCUT2D eigenvalue weighted by Crippen LogP contribution is -2.42. The Labute approximate surface area is 110 Å². The predicted octanol–water partition coefficient (Wildman–Crippen LogP) is 2.13. The normalized spacial score (nSPS) is 24.3. The molecular weight excluding hydrogens is 224 g/mol. The van der Waals surface area contributed by atoms with E-state index in [9.17, 15) is 0 Å². The second kappa shape index (κ2) is 5.65. The number of nitrogens with one attached hydrogen (secondary N) is 1. The largest absolute Gasteiger partial charge is 0.338 e. The molecule has 0 saturated carbocycles. The molecule has 1 aliphatic rings. The summed E-state index contributed by atoms with van der Waals surface area (Å²) >= 11 is 0. The third kappa shape index (κ3) is 2.99. The highest BCUT2D eigenvalue weighted by molar-refractivity contribution is 5.34. The molecule has 2 heterocycles. The molecule has 1 aromatic heterocycles. The van der Waals surface area contributed by atoms with Crippen molar-refractivity contribution in [2.75, 3.05) is 18.5 Å². The summed E-state index contributed by atoms with van der Waals surface area (Å²) in [7, 11) is 1.95. The lowest BCUT2D eigenvalue weighted by atomic mass is 9.95. The van der Waals surface area contributed by atoms with Crippen LogP contribution in [0.4, 0.5) is 5.95 Å². The van der Waals surface area contributed by atoms with Gasteiger partial charge in [-0.1, -0.05) is 6.92 Å². The molecule has 1 N–H and O–H groups in total. The topological polar surface area (TPSA) is 41.1 Å². The quantitative estimate of drug-likeness (QED) is 0.889. The van der Waals surface area contributed by atoms with E-state index in [0.29, 0.717) is 6.04 Å².